The summed E-state index contributed by atoms with van der Waals surface area (Å²) in [7, 11) is 0. The SMILES string of the molecule is CCC[C@@H](C)NC(=O)CSc1nnc(Nc2ccc(C)cc2)s1. The second-order valence-electron chi connectivity index (χ2n) is 5.41. The average molecular weight is 351 g/mol. The lowest BCUT2D eigenvalue weighted by Gasteiger charge is -2.11. The third-order valence-electron chi connectivity index (χ3n) is 3.17. The molecule has 0 aliphatic rings. The molecule has 7 heteroatoms. The molecule has 1 atom stereocenters. The zero-order valence-electron chi connectivity index (χ0n) is 13.6. The van der Waals surface area contributed by atoms with Gasteiger partial charge in [0, 0.05) is 11.7 Å². The second kappa shape index (κ2) is 8.88. The summed E-state index contributed by atoms with van der Waals surface area (Å²) in [5.74, 6) is 0.409. The smallest absolute Gasteiger partial charge is 0.230 e. The van der Waals surface area contributed by atoms with Gasteiger partial charge in [0.1, 0.15) is 0 Å². The van der Waals surface area contributed by atoms with Crippen molar-refractivity contribution in [1.82, 2.24) is 15.5 Å². The summed E-state index contributed by atoms with van der Waals surface area (Å²) in [6.45, 7) is 6.19. The maximum absolute atomic E-state index is 11.8. The van der Waals surface area contributed by atoms with Crippen LogP contribution >= 0.6 is 23.1 Å². The van der Waals surface area contributed by atoms with Crippen LogP contribution < -0.4 is 10.6 Å². The van der Waals surface area contributed by atoms with Gasteiger partial charge < -0.3 is 10.6 Å². The average Bonchev–Trinajstić information content (AvgIpc) is 2.95. The Morgan fingerprint density at radius 2 is 2.04 bits per heavy atom. The topological polar surface area (TPSA) is 66.9 Å². The lowest BCUT2D eigenvalue weighted by molar-refractivity contribution is -0.119. The van der Waals surface area contributed by atoms with E-state index in [-0.39, 0.29) is 11.9 Å². The van der Waals surface area contributed by atoms with Gasteiger partial charge in [-0.2, -0.15) is 0 Å². The van der Waals surface area contributed by atoms with Crippen molar-refractivity contribution in [2.24, 2.45) is 0 Å². The molecule has 124 valence electrons. The van der Waals surface area contributed by atoms with Crippen LogP contribution in [0, 0.1) is 6.92 Å². The molecule has 0 fully saturated rings. The minimum atomic E-state index is 0.0409. The number of nitrogens with zero attached hydrogens (tertiary/aromatic N) is 2. The molecule has 0 aliphatic heterocycles. The molecule has 2 aromatic rings. The standard InChI is InChI=1S/C16H22N4OS2/c1-4-5-12(3)17-14(21)10-22-16-20-19-15(23-16)18-13-8-6-11(2)7-9-13/h6-9,12H,4-5,10H2,1-3H3,(H,17,21)(H,18,19)/t12-/m1/s1. The molecule has 1 amide bonds. The van der Waals surface area contributed by atoms with Crippen LogP contribution in [-0.4, -0.2) is 27.9 Å². The summed E-state index contributed by atoms with van der Waals surface area (Å²) >= 11 is 2.87. The molecule has 1 heterocycles. The number of anilines is 2. The molecule has 2 rings (SSSR count). The molecular weight excluding hydrogens is 328 g/mol. The van der Waals surface area contributed by atoms with Crippen molar-refractivity contribution < 1.29 is 4.79 Å². The second-order valence-corrected chi connectivity index (χ2v) is 7.61. The van der Waals surface area contributed by atoms with Gasteiger partial charge in [-0.3, -0.25) is 4.79 Å². The minimum absolute atomic E-state index is 0.0409. The van der Waals surface area contributed by atoms with Crippen LogP contribution in [0.5, 0.6) is 0 Å². The van der Waals surface area contributed by atoms with Crippen LogP contribution in [0.2, 0.25) is 0 Å². The number of aromatic nitrogens is 2. The van der Waals surface area contributed by atoms with Gasteiger partial charge in [-0.05, 0) is 32.4 Å². The first kappa shape index (κ1) is 17.7. The predicted molar refractivity (Wildman–Crippen MR) is 97.6 cm³/mol. The summed E-state index contributed by atoms with van der Waals surface area (Å²) in [5, 5.41) is 15.1. The highest BCUT2D eigenvalue weighted by Crippen LogP contribution is 2.27. The maximum atomic E-state index is 11.8. The Morgan fingerprint density at radius 3 is 2.74 bits per heavy atom. The van der Waals surface area contributed by atoms with E-state index in [1.54, 1.807) is 0 Å². The molecule has 0 saturated carbocycles. The molecule has 5 nitrogen and oxygen atoms in total. The highest BCUT2D eigenvalue weighted by atomic mass is 32.2. The first-order valence-corrected chi connectivity index (χ1v) is 9.46. The van der Waals surface area contributed by atoms with Crippen molar-refractivity contribution in [3.63, 3.8) is 0 Å². The Labute approximate surface area is 145 Å². The van der Waals surface area contributed by atoms with E-state index in [1.165, 1.54) is 28.7 Å². The Kier molecular flexibility index (Phi) is 6.85. The highest BCUT2D eigenvalue weighted by Gasteiger charge is 2.10. The van der Waals surface area contributed by atoms with Gasteiger partial charge >= 0.3 is 0 Å². The fourth-order valence-electron chi connectivity index (χ4n) is 2.03. The van der Waals surface area contributed by atoms with Gasteiger partial charge in [0.2, 0.25) is 11.0 Å². The molecule has 0 radical (unpaired) electrons. The minimum Gasteiger partial charge on any atom is -0.353 e. The molecule has 23 heavy (non-hydrogen) atoms. The summed E-state index contributed by atoms with van der Waals surface area (Å²) in [5.41, 5.74) is 2.20. The molecule has 1 aromatic heterocycles. The van der Waals surface area contributed by atoms with Crippen LogP contribution in [0.4, 0.5) is 10.8 Å². The van der Waals surface area contributed by atoms with Crippen molar-refractivity contribution >= 4 is 39.8 Å². The number of hydrogen-bond acceptors (Lipinski definition) is 6. The fraction of sp³-hybridized carbons (Fsp3) is 0.438. The lowest BCUT2D eigenvalue weighted by Crippen LogP contribution is -2.33. The molecule has 0 unspecified atom stereocenters. The van der Waals surface area contributed by atoms with E-state index in [9.17, 15) is 4.79 Å². The number of rotatable bonds is 8. The maximum Gasteiger partial charge on any atom is 0.230 e. The van der Waals surface area contributed by atoms with Gasteiger partial charge in [0.25, 0.3) is 0 Å². The van der Waals surface area contributed by atoms with Crippen LogP contribution in [0.1, 0.15) is 32.3 Å². The van der Waals surface area contributed by atoms with Crippen LogP contribution in [-0.2, 0) is 4.79 Å². The van der Waals surface area contributed by atoms with Gasteiger partial charge in [-0.1, -0.05) is 54.1 Å². The van der Waals surface area contributed by atoms with E-state index in [1.807, 2.05) is 31.2 Å². The molecule has 0 aliphatic carbocycles. The number of amides is 1. The normalized spacial score (nSPS) is 12.0. The molecule has 0 spiro atoms. The monoisotopic (exact) mass is 350 g/mol. The van der Waals surface area contributed by atoms with E-state index in [4.69, 9.17) is 0 Å². The Morgan fingerprint density at radius 1 is 1.30 bits per heavy atom. The number of carbonyl (C=O) groups excluding carboxylic acids is 1. The van der Waals surface area contributed by atoms with E-state index in [0.29, 0.717) is 5.75 Å². The van der Waals surface area contributed by atoms with E-state index < -0.39 is 0 Å². The van der Waals surface area contributed by atoms with Crippen molar-refractivity contribution in [3.8, 4) is 0 Å². The Bertz CT molecular complexity index is 627. The first-order chi connectivity index (χ1) is 11.1. The molecule has 1 aromatic carbocycles. The van der Waals surface area contributed by atoms with Crippen molar-refractivity contribution in [3.05, 3.63) is 29.8 Å². The number of thioether (sulfide) groups is 1. The van der Waals surface area contributed by atoms with E-state index in [0.717, 1.165) is 28.0 Å². The molecule has 2 N–H and O–H groups in total. The van der Waals surface area contributed by atoms with Crippen molar-refractivity contribution in [1.29, 1.82) is 0 Å². The number of aryl methyl sites for hydroxylation is 1. The van der Waals surface area contributed by atoms with Crippen LogP contribution in [0.15, 0.2) is 28.6 Å². The Hall–Kier alpha value is -1.60. The highest BCUT2D eigenvalue weighted by molar-refractivity contribution is 8.01. The third-order valence-corrected chi connectivity index (χ3v) is 5.14. The largest absolute Gasteiger partial charge is 0.353 e. The van der Waals surface area contributed by atoms with Crippen molar-refractivity contribution in [2.45, 2.75) is 44.0 Å². The lowest BCUT2D eigenvalue weighted by atomic mass is 10.2. The van der Waals surface area contributed by atoms with Gasteiger partial charge in [-0.25, -0.2) is 0 Å². The number of hydrogen-bond donors (Lipinski definition) is 2. The first-order valence-electron chi connectivity index (χ1n) is 7.66. The van der Waals surface area contributed by atoms with Gasteiger partial charge in [-0.15, -0.1) is 10.2 Å². The number of nitrogens with one attached hydrogen (secondary N) is 2. The van der Waals surface area contributed by atoms with Crippen molar-refractivity contribution in [2.75, 3.05) is 11.1 Å². The summed E-state index contributed by atoms with van der Waals surface area (Å²) < 4.78 is 0.790. The van der Waals surface area contributed by atoms with E-state index in [2.05, 4.69) is 34.7 Å². The van der Waals surface area contributed by atoms with Gasteiger partial charge in [0.05, 0.1) is 5.75 Å². The van der Waals surface area contributed by atoms with E-state index >= 15 is 0 Å². The molecular formula is C16H22N4OS2. The Balaban J connectivity index is 1.80. The summed E-state index contributed by atoms with van der Waals surface area (Å²) in [6, 6.07) is 8.32. The third kappa shape index (κ3) is 6.19. The number of benzene rings is 1. The molecule has 0 bridgehead atoms. The zero-order chi connectivity index (χ0) is 16.7. The van der Waals surface area contributed by atoms with Gasteiger partial charge in [0.15, 0.2) is 4.34 Å². The van der Waals surface area contributed by atoms with Crippen LogP contribution in [0.25, 0.3) is 0 Å². The quantitative estimate of drug-likeness (QED) is 0.705. The van der Waals surface area contributed by atoms with Crippen LogP contribution in [0.3, 0.4) is 0 Å². The fourth-order valence-corrected chi connectivity index (χ4v) is 3.61. The summed E-state index contributed by atoms with van der Waals surface area (Å²) in [6.07, 6.45) is 2.07. The predicted octanol–water partition coefficient (Wildman–Crippen LogP) is 3.99. The molecule has 0 saturated heterocycles. The zero-order valence-corrected chi connectivity index (χ0v) is 15.3. The summed E-state index contributed by atoms with van der Waals surface area (Å²) in [4.78, 5) is 11.8. The number of carbonyl (C=O) groups is 1.